The molecule has 22 heavy (non-hydrogen) atoms. The molecule has 120 valence electrons. The van der Waals surface area contributed by atoms with E-state index in [1.54, 1.807) is 23.6 Å². The maximum Gasteiger partial charge on any atom is 0.410 e. The van der Waals surface area contributed by atoms with E-state index in [0.29, 0.717) is 19.6 Å². The van der Waals surface area contributed by atoms with Crippen LogP contribution in [-0.4, -0.2) is 83.0 Å². The summed E-state index contributed by atoms with van der Waals surface area (Å²) in [6.45, 7) is 4.31. The predicted molar refractivity (Wildman–Crippen MR) is 72.7 cm³/mol. The van der Waals surface area contributed by atoms with Crippen LogP contribution in [0, 0.1) is 0 Å². The zero-order valence-corrected chi connectivity index (χ0v) is 12.5. The Morgan fingerprint density at radius 2 is 2.05 bits per heavy atom. The minimum Gasteiger partial charge on any atom is -0.447 e. The Morgan fingerprint density at radius 1 is 1.32 bits per heavy atom. The molecule has 0 aromatic carbocycles. The lowest BCUT2D eigenvalue weighted by Crippen LogP contribution is -2.55. The van der Waals surface area contributed by atoms with Gasteiger partial charge in [-0.1, -0.05) is 0 Å². The second-order valence-corrected chi connectivity index (χ2v) is 6.21. The van der Waals surface area contributed by atoms with Gasteiger partial charge >= 0.3 is 12.1 Å². The van der Waals surface area contributed by atoms with Crippen LogP contribution in [0.3, 0.4) is 0 Å². The topological polar surface area (TPSA) is 99.3 Å². The van der Waals surface area contributed by atoms with Crippen molar-refractivity contribution in [2.75, 3.05) is 32.8 Å². The summed E-state index contributed by atoms with van der Waals surface area (Å²) < 4.78 is 4.94. The van der Waals surface area contributed by atoms with Crippen molar-refractivity contribution in [1.82, 2.24) is 20.0 Å². The average molecular weight is 310 g/mol. The van der Waals surface area contributed by atoms with Gasteiger partial charge in [-0.25, -0.2) is 9.59 Å². The first kappa shape index (κ1) is 14.6. The zero-order valence-electron chi connectivity index (χ0n) is 12.5. The molecule has 3 heterocycles. The van der Waals surface area contributed by atoms with Crippen LogP contribution in [0.25, 0.3) is 0 Å². The van der Waals surface area contributed by atoms with E-state index < -0.39 is 17.5 Å². The number of cyclic esters (lactones) is 1. The molecule has 3 fully saturated rings. The largest absolute Gasteiger partial charge is 0.447 e. The molecule has 3 aliphatic rings. The highest BCUT2D eigenvalue weighted by molar-refractivity contribution is 6.08. The number of carbonyl (C=O) groups excluding carboxylic acids is 4. The number of urea groups is 1. The van der Waals surface area contributed by atoms with E-state index in [-0.39, 0.29) is 31.2 Å². The van der Waals surface area contributed by atoms with Crippen molar-refractivity contribution in [3.8, 4) is 0 Å². The van der Waals surface area contributed by atoms with Crippen molar-refractivity contribution < 1.29 is 23.9 Å². The van der Waals surface area contributed by atoms with E-state index in [1.807, 2.05) is 0 Å². The monoisotopic (exact) mass is 310 g/mol. The number of rotatable bonds is 2. The Kier molecular flexibility index (Phi) is 3.22. The predicted octanol–water partition coefficient (Wildman–Crippen LogP) is -1.02. The van der Waals surface area contributed by atoms with Crippen LogP contribution in [0.15, 0.2) is 0 Å². The van der Waals surface area contributed by atoms with Crippen LogP contribution in [0.4, 0.5) is 9.59 Å². The molecule has 3 rings (SSSR count). The van der Waals surface area contributed by atoms with Crippen molar-refractivity contribution in [2.24, 2.45) is 0 Å². The first-order chi connectivity index (χ1) is 10.3. The summed E-state index contributed by atoms with van der Waals surface area (Å²) in [5.41, 5.74) is -0.984. The van der Waals surface area contributed by atoms with Gasteiger partial charge in [0.05, 0.1) is 6.04 Å². The zero-order chi connectivity index (χ0) is 16.1. The van der Waals surface area contributed by atoms with Crippen LogP contribution in [0.1, 0.15) is 13.8 Å². The molecule has 0 spiro atoms. The van der Waals surface area contributed by atoms with E-state index in [1.165, 1.54) is 0 Å². The van der Waals surface area contributed by atoms with Gasteiger partial charge in [-0.2, -0.15) is 0 Å². The molecule has 5 amide bonds. The maximum absolute atomic E-state index is 12.3. The minimum atomic E-state index is -0.984. The fourth-order valence-electron chi connectivity index (χ4n) is 2.91. The second kappa shape index (κ2) is 4.85. The summed E-state index contributed by atoms with van der Waals surface area (Å²) in [6.07, 6.45) is -0.354. The highest BCUT2D eigenvalue weighted by atomic mass is 16.6. The Bertz CT molecular complexity index is 561. The second-order valence-electron chi connectivity index (χ2n) is 6.21. The van der Waals surface area contributed by atoms with Crippen molar-refractivity contribution >= 4 is 23.9 Å². The maximum atomic E-state index is 12.3. The number of hydrogen-bond acceptors (Lipinski definition) is 5. The molecular weight excluding hydrogens is 292 g/mol. The number of nitrogens with zero attached hydrogens (tertiary/aromatic N) is 3. The molecule has 0 aromatic heterocycles. The Morgan fingerprint density at radius 3 is 2.68 bits per heavy atom. The number of carbonyl (C=O) groups is 4. The number of amides is 5. The number of ether oxygens (including phenoxy) is 1. The van der Waals surface area contributed by atoms with Crippen LogP contribution in [0.2, 0.25) is 0 Å². The summed E-state index contributed by atoms with van der Waals surface area (Å²) in [7, 11) is 0. The molecule has 9 nitrogen and oxygen atoms in total. The number of imide groups is 1. The molecule has 0 saturated carbocycles. The number of nitrogens with one attached hydrogen (secondary N) is 1. The van der Waals surface area contributed by atoms with Gasteiger partial charge in [-0.15, -0.1) is 0 Å². The molecule has 9 heteroatoms. The first-order valence-electron chi connectivity index (χ1n) is 7.15. The van der Waals surface area contributed by atoms with Gasteiger partial charge in [0, 0.05) is 19.6 Å². The van der Waals surface area contributed by atoms with Crippen molar-refractivity contribution in [2.45, 2.75) is 25.4 Å². The first-order valence-corrected chi connectivity index (χ1v) is 7.15. The van der Waals surface area contributed by atoms with Crippen molar-refractivity contribution in [3.63, 3.8) is 0 Å². The molecular formula is C13H18N4O5. The third-order valence-corrected chi connectivity index (χ3v) is 4.21. The van der Waals surface area contributed by atoms with Gasteiger partial charge < -0.3 is 15.0 Å². The van der Waals surface area contributed by atoms with Gasteiger partial charge in [-0.05, 0) is 13.8 Å². The molecule has 0 aromatic rings. The average Bonchev–Trinajstić information content (AvgIpc) is 2.91. The standard InChI is InChI=1S/C13H18N4O5/c1-13(2)10(19)17(11(20)14-13)6-9(18)15-3-4-16-8(5-15)7-22-12(16)21/h8H,3-7H2,1-2H3,(H,14,20)/t8-/m0/s1. The third kappa shape index (κ3) is 2.26. The van der Waals surface area contributed by atoms with Crippen LogP contribution >= 0.6 is 0 Å². The fourth-order valence-corrected chi connectivity index (χ4v) is 2.91. The van der Waals surface area contributed by atoms with E-state index in [2.05, 4.69) is 5.32 Å². The highest BCUT2D eigenvalue weighted by Gasteiger charge is 2.46. The van der Waals surface area contributed by atoms with E-state index in [4.69, 9.17) is 4.74 Å². The van der Waals surface area contributed by atoms with E-state index >= 15 is 0 Å². The van der Waals surface area contributed by atoms with Gasteiger partial charge in [-0.3, -0.25) is 19.4 Å². The minimum absolute atomic E-state index is 0.148. The Balaban J connectivity index is 1.62. The molecule has 0 unspecified atom stereocenters. The molecule has 3 saturated heterocycles. The van der Waals surface area contributed by atoms with E-state index in [9.17, 15) is 19.2 Å². The molecule has 0 aliphatic carbocycles. The Labute approximate surface area is 127 Å². The molecule has 0 bridgehead atoms. The van der Waals surface area contributed by atoms with Gasteiger partial charge in [0.15, 0.2) is 0 Å². The lowest BCUT2D eigenvalue weighted by molar-refractivity contribution is -0.139. The van der Waals surface area contributed by atoms with Crippen LogP contribution in [0.5, 0.6) is 0 Å². The molecule has 0 radical (unpaired) electrons. The smallest absolute Gasteiger partial charge is 0.410 e. The summed E-state index contributed by atoms with van der Waals surface area (Å²) in [5, 5.41) is 2.54. The molecule has 3 aliphatic heterocycles. The summed E-state index contributed by atoms with van der Waals surface area (Å²) >= 11 is 0. The number of hydrogen-bond donors (Lipinski definition) is 1. The quantitative estimate of drug-likeness (QED) is 0.658. The summed E-state index contributed by atoms with van der Waals surface area (Å²) in [6, 6.07) is -0.703. The summed E-state index contributed by atoms with van der Waals surface area (Å²) in [5.74, 6) is -0.718. The van der Waals surface area contributed by atoms with E-state index in [0.717, 1.165) is 4.90 Å². The van der Waals surface area contributed by atoms with Crippen LogP contribution < -0.4 is 5.32 Å². The molecule has 1 N–H and O–H groups in total. The SMILES string of the molecule is CC1(C)NC(=O)N(CC(=O)N2CCN3C(=O)OC[C@@H]3C2)C1=O. The number of fused-ring (bicyclic) bond motifs is 1. The normalized spacial score (nSPS) is 26.9. The lowest BCUT2D eigenvalue weighted by Gasteiger charge is -2.35. The fraction of sp³-hybridized carbons (Fsp3) is 0.692. The van der Waals surface area contributed by atoms with Gasteiger partial charge in [0.25, 0.3) is 5.91 Å². The molecule has 1 atom stereocenters. The van der Waals surface area contributed by atoms with Crippen molar-refractivity contribution in [1.29, 1.82) is 0 Å². The number of piperazine rings is 1. The van der Waals surface area contributed by atoms with Gasteiger partial charge in [0.1, 0.15) is 18.7 Å². The summed E-state index contributed by atoms with van der Waals surface area (Å²) in [4.78, 5) is 51.7. The highest BCUT2D eigenvalue weighted by Crippen LogP contribution is 2.20. The lowest BCUT2D eigenvalue weighted by atomic mass is 10.1. The van der Waals surface area contributed by atoms with Crippen molar-refractivity contribution in [3.05, 3.63) is 0 Å². The third-order valence-electron chi connectivity index (χ3n) is 4.21. The van der Waals surface area contributed by atoms with Gasteiger partial charge in [0.2, 0.25) is 5.91 Å². The van der Waals surface area contributed by atoms with Crippen LogP contribution in [-0.2, 0) is 14.3 Å². The Hall–Kier alpha value is -2.32.